The third-order valence-electron chi connectivity index (χ3n) is 1.93. The van der Waals surface area contributed by atoms with E-state index in [1.165, 1.54) is 12.8 Å². The molecular formula is C10H15O2. The van der Waals surface area contributed by atoms with Crippen molar-refractivity contribution in [3.63, 3.8) is 0 Å². The summed E-state index contributed by atoms with van der Waals surface area (Å²) in [6.45, 7) is 2.15. The topological polar surface area (TPSA) is 33.4 Å². The second kappa shape index (κ2) is 4.99. The van der Waals surface area contributed by atoms with Gasteiger partial charge in [-0.25, -0.2) is 0 Å². The molecule has 1 aromatic heterocycles. The van der Waals surface area contributed by atoms with Gasteiger partial charge < -0.3 is 9.52 Å². The zero-order chi connectivity index (χ0) is 8.81. The summed E-state index contributed by atoms with van der Waals surface area (Å²) in [5.74, 6) is 0. The fraction of sp³-hybridized carbons (Fsp3) is 0.600. The molecule has 0 saturated heterocycles. The Hall–Kier alpha value is -0.760. The number of rotatable bonds is 5. The van der Waals surface area contributed by atoms with E-state index in [0.29, 0.717) is 0 Å². The third kappa shape index (κ3) is 2.70. The maximum Gasteiger partial charge on any atom is 0.175 e. The van der Waals surface area contributed by atoms with E-state index in [0.717, 1.165) is 18.4 Å². The van der Waals surface area contributed by atoms with Gasteiger partial charge in [0.2, 0.25) is 0 Å². The van der Waals surface area contributed by atoms with Crippen LogP contribution in [0.1, 0.15) is 44.3 Å². The molecule has 1 unspecified atom stereocenters. The molecule has 1 atom stereocenters. The van der Waals surface area contributed by atoms with Crippen LogP contribution in [0.5, 0.6) is 0 Å². The summed E-state index contributed by atoms with van der Waals surface area (Å²) in [7, 11) is 0. The van der Waals surface area contributed by atoms with Crippen molar-refractivity contribution in [3.05, 3.63) is 24.2 Å². The van der Waals surface area contributed by atoms with Gasteiger partial charge in [0.1, 0.15) is 0 Å². The maximum atomic E-state index is 9.54. The van der Waals surface area contributed by atoms with Gasteiger partial charge in [-0.05, 0) is 12.5 Å². The molecule has 1 radical (unpaired) electrons. The van der Waals surface area contributed by atoms with Crippen LogP contribution in [0.4, 0.5) is 0 Å². The van der Waals surface area contributed by atoms with Gasteiger partial charge in [-0.2, -0.15) is 0 Å². The summed E-state index contributed by atoms with van der Waals surface area (Å²) in [5, 5.41) is 9.54. The first kappa shape index (κ1) is 9.33. The molecule has 1 heterocycles. The molecule has 2 nitrogen and oxygen atoms in total. The molecule has 0 fully saturated rings. The molecular weight excluding hydrogens is 152 g/mol. The summed E-state index contributed by atoms with van der Waals surface area (Å²) in [4.78, 5) is 0. The van der Waals surface area contributed by atoms with Crippen LogP contribution in [0.15, 0.2) is 16.7 Å². The van der Waals surface area contributed by atoms with Crippen molar-refractivity contribution < 1.29 is 9.52 Å². The highest BCUT2D eigenvalue weighted by atomic mass is 16.3. The molecule has 0 amide bonds. The molecule has 0 spiro atoms. The molecule has 1 rings (SSSR count). The van der Waals surface area contributed by atoms with Crippen LogP contribution in [-0.2, 0) is 0 Å². The standard InChI is InChI=1S/C10H15O2/c1-2-3-4-5-10(11)9-6-7-12-8-9/h6-7,10-11H,2-5H2,1H3. The Morgan fingerprint density at radius 1 is 1.58 bits per heavy atom. The first-order chi connectivity index (χ1) is 5.84. The second-order valence-corrected chi connectivity index (χ2v) is 2.99. The van der Waals surface area contributed by atoms with E-state index in [4.69, 9.17) is 4.42 Å². The molecule has 67 valence electrons. The predicted molar refractivity (Wildman–Crippen MR) is 46.6 cm³/mol. The van der Waals surface area contributed by atoms with Gasteiger partial charge in [0, 0.05) is 5.56 Å². The lowest BCUT2D eigenvalue weighted by atomic mass is 10.1. The highest BCUT2D eigenvalue weighted by Gasteiger charge is 2.07. The summed E-state index contributed by atoms with van der Waals surface area (Å²) in [6.07, 6.45) is 8.02. The zero-order valence-corrected chi connectivity index (χ0v) is 7.42. The van der Waals surface area contributed by atoms with Crippen molar-refractivity contribution in [2.75, 3.05) is 0 Å². The van der Waals surface area contributed by atoms with Gasteiger partial charge in [0.15, 0.2) is 6.26 Å². The van der Waals surface area contributed by atoms with Crippen LogP contribution >= 0.6 is 0 Å². The molecule has 0 aliphatic carbocycles. The largest absolute Gasteiger partial charge is 0.461 e. The Kier molecular flexibility index (Phi) is 3.88. The van der Waals surface area contributed by atoms with E-state index in [2.05, 4.69) is 13.2 Å². The van der Waals surface area contributed by atoms with Gasteiger partial charge in [-0.3, -0.25) is 0 Å². The number of furan rings is 1. The molecule has 1 aromatic rings. The molecule has 0 saturated carbocycles. The Balaban J connectivity index is 2.25. The number of hydrogen-bond acceptors (Lipinski definition) is 2. The van der Waals surface area contributed by atoms with E-state index in [1.807, 2.05) is 0 Å². The Labute approximate surface area is 73.2 Å². The summed E-state index contributed by atoms with van der Waals surface area (Å²) < 4.78 is 4.76. The monoisotopic (exact) mass is 167 g/mol. The fourth-order valence-corrected chi connectivity index (χ4v) is 1.17. The molecule has 0 aliphatic heterocycles. The van der Waals surface area contributed by atoms with Crippen molar-refractivity contribution in [2.45, 2.75) is 38.7 Å². The molecule has 12 heavy (non-hydrogen) atoms. The summed E-state index contributed by atoms with van der Waals surface area (Å²) >= 11 is 0. The quantitative estimate of drug-likeness (QED) is 0.684. The Morgan fingerprint density at radius 3 is 3.00 bits per heavy atom. The van der Waals surface area contributed by atoms with Crippen molar-refractivity contribution in [1.29, 1.82) is 0 Å². The van der Waals surface area contributed by atoms with Crippen LogP contribution in [0.3, 0.4) is 0 Å². The lowest BCUT2D eigenvalue weighted by Gasteiger charge is -2.05. The lowest BCUT2D eigenvalue weighted by Crippen LogP contribution is -1.94. The second-order valence-electron chi connectivity index (χ2n) is 2.99. The lowest BCUT2D eigenvalue weighted by molar-refractivity contribution is 0.162. The first-order valence-electron chi connectivity index (χ1n) is 4.47. The SMILES string of the molecule is CCCCCC(O)c1[c]occ1. The third-order valence-corrected chi connectivity index (χ3v) is 1.93. The van der Waals surface area contributed by atoms with Gasteiger partial charge in [0.05, 0.1) is 12.4 Å². The highest BCUT2D eigenvalue weighted by molar-refractivity contribution is 5.07. The predicted octanol–water partition coefficient (Wildman–Crippen LogP) is 2.69. The van der Waals surface area contributed by atoms with Crippen molar-refractivity contribution in [1.82, 2.24) is 0 Å². The number of aliphatic hydroxyl groups is 1. The molecule has 0 aliphatic rings. The van der Waals surface area contributed by atoms with E-state index < -0.39 is 6.10 Å². The number of aliphatic hydroxyl groups excluding tert-OH is 1. The molecule has 0 bridgehead atoms. The molecule has 2 heteroatoms. The van der Waals surface area contributed by atoms with E-state index >= 15 is 0 Å². The normalized spacial score (nSPS) is 13.2. The van der Waals surface area contributed by atoms with Gasteiger partial charge in [-0.15, -0.1) is 0 Å². The number of hydrogen-bond donors (Lipinski definition) is 1. The van der Waals surface area contributed by atoms with Gasteiger partial charge in [0.25, 0.3) is 0 Å². The van der Waals surface area contributed by atoms with Crippen LogP contribution in [0.25, 0.3) is 0 Å². The molecule has 1 N–H and O–H groups in total. The average Bonchev–Trinajstić information content (AvgIpc) is 2.56. The van der Waals surface area contributed by atoms with Crippen LogP contribution in [0, 0.1) is 6.26 Å². The van der Waals surface area contributed by atoms with Gasteiger partial charge >= 0.3 is 0 Å². The van der Waals surface area contributed by atoms with E-state index in [-0.39, 0.29) is 0 Å². The van der Waals surface area contributed by atoms with Crippen LogP contribution < -0.4 is 0 Å². The van der Waals surface area contributed by atoms with E-state index in [9.17, 15) is 5.11 Å². The minimum absolute atomic E-state index is 0.393. The van der Waals surface area contributed by atoms with Crippen LogP contribution in [-0.4, -0.2) is 5.11 Å². The fourth-order valence-electron chi connectivity index (χ4n) is 1.17. The first-order valence-corrected chi connectivity index (χ1v) is 4.47. The smallest absolute Gasteiger partial charge is 0.175 e. The maximum absolute atomic E-state index is 9.54. The van der Waals surface area contributed by atoms with E-state index in [1.54, 1.807) is 12.3 Å². The highest BCUT2D eigenvalue weighted by Crippen LogP contribution is 2.18. The average molecular weight is 167 g/mol. The molecule has 0 aromatic carbocycles. The summed E-state index contributed by atoms with van der Waals surface area (Å²) in [5.41, 5.74) is 0.770. The Morgan fingerprint density at radius 2 is 2.42 bits per heavy atom. The minimum atomic E-state index is -0.393. The van der Waals surface area contributed by atoms with Crippen molar-refractivity contribution in [2.24, 2.45) is 0 Å². The van der Waals surface area contributed by atoms with Crippen molar-refractivity contribution in [3.8, 4) is 0 Å². The number of unbranched alkanes of at least 4 members (excludes halogenated alkanes) is 2. The van der Waals surface area contributed by atoms with Crippen LogP contribution in [0.2, 0.25) is 0 Å². The van der Waals surface area contributed by atoms with Crippen molar-refractivity contribution >= 4 is 0 Å². The summed E-state index contributed by atoms with van der Waals surface area (Å²) in [6, 6.07) is 1.76. The zero-order valence-electron chi connectivity index (χ0n) is 7.42. The Bertz CT molecular complexity index is 192. The minimum Gasteiger partial charge on any atom is -0.461 e. The van der Waals surface area contributed by atoms with Gasteiger partial charge in [-0.1, -0.05) is 26.2 Å².